The zero-order valence-electron chi connectivity index (χ0n) is 15.0. The Hall–Kier alpha value is -1.64. The molecule has 1 fully saturated rings. The van der Waals surface area contributed by atoms with E-state index >= 15 is 0 Å². The van der Waals surface area contributed by atoms with Crippen molar-refractivity contribution in [1.82, 2.24) is 15.1 Å². The molecule has 0 aliphatic heterocycles. The lowest BCUT2D eigenvalue weighted by atomic mass is 10.2. The molecule has 144 valence electrons. The summed E-state index contributed by atoms with van der Waals surface area (Å²) in [6.45, 7) is 0.797. The van der Waals surface area contributed by atoms with Crippen molar-refractivity contribution in [3.63, 3.8) is 0 Å². The number of hydrogen-bond acceptors (Lipinski definition) is 6. The summed E-state index contributed by atoms with van der Waals surface area (Å²) in [5, 5.41) is 12.0. The van der Waals surface area contributed by atoms with Crippen molar-refractivity contribution in [2.45, 2.75) is 35.8 Å². The van der Waals surface area contributed by atoms with Gasteiger partial charge in [0.25, 0.3) is 0 Å². The molecule has 9 heteroatoms. The Morgan fingerprint density at radius 2 is 2.00 bits per heavy atom. The number of carbonyl (C=O) groups is 2. The standard InChI is InChI=1S/C18H21ClN4O2S2/c1-23(10-12-2-3-12)16(25)9-8-15(24)20-17-21-22-18(27-17)26-11-13-4-6-14(19)7-5-13/h4-7,12H,2-3,8-11H2,1H3,(H,20,21,24). The first-order valence-corrected chi connectivity index (χ1v) is 10.9. The number of benzene rings is 1. The number of anilines is 1. The van der Waals surface area contributed by atoms with Gasteiger partial charge in [0.2, 0.25) is 16.9 Å². The number of hydrogen-bond donors (Lipinski definition) is 1. The molecule has 1 N–H and O–H groups in total. The molecule has 1 aliphatic rings. The molecule has 1 aliphatic carbocycles. The molecule has 27 heavy (non-hydrogen) atoms. The minimum Gasteiger partial charge on any atom is -0.345 e. The zero-order valence-corrected chi connectivity index (χ0v) is 17.4. The van der Waals surface area contributed by atoms with Gasteiger partial charge >= 0.3 is 0 Å². The predicted octanol–water partition coefficient (Wildman–Crippen LogP) is 4.07. The Morgan fingerprint density at radius 3 is 2.70 bits per heavy atom. The van der Waals surface area contributed by atoms with Gasteiger partial charge in [0.05, 0.1) is 0 Å². The summed E-state index contributed by atoms with van der Waals surface area (Å²) in [5.41, 5.74) is 1.14. The van der Waals surface area contributed by atoms with Crippen molar-refractivity contribution < 1.29 is 9.59 Å². The maximum atomic E-state index is 12.0. The second kappa shape index (κ2) is 9.52. The van der Waals surface area contributed by atoms with Gasteiger partial charge in [0.1, 0.15) is 0 Å². The van der Waals surface area contributed by atoms with E-state index in [9.17, 15) is 9.59 Å². The minimum absolute atomic E-state index is 0.00789. The third-order valence-corrected chi connectivity index (χ3v) is 6.44. The number of thioether (sulfide) groups is 1. The summed E-state index contributed by atoms with van der Waals surface area (Å²) in [6, 6.07) is 7.64. The second-order valence-corrected chi connectivity index (χ2v) is 9.19. The molecule has 0 atom stereocenters. The molecule has 3 rings (SSSR count). The van der Waals surface area contributed by atoms with Crippen LogP contribution < -0.4 is 5.32 Å². The van der Waals surface area contributed by atoms with Crippen molar-refractivity contribution in [3.8, 4) is 0 Å². The highest BCUT2D eigenvalue weighted by Crippen LogP contribution is 2.30. The quantitative estimate of drug-likeness (QED) is 0.485. The van der Waals surface area contributed by atoms with Gasteiger partial charge < -0.3 is 10.2 Å². The smallest absolute Gasteiger partial charge is 0.226 e. The largest absolute Gasteiger partial charge is 0.345 e. The van der Waals surface area contributed by atoms with Crippen LogP contribution in [0.15, 0.2) is 28.6 Å². The summed E-state index contributed by atoms with van der Waals surface area (Å²) in [4.78, 5) is 25.8. The maximum Gasteiger partial charge on any atom is 0.226 e. The molecule has 6 nitrogen and oxygen atoms in total. The van der Waals surface area contributed by atoms with Crippen LogP contribution in [-0.2, 0) is 15.3 Å². The van der Waals surface area contributed by atoms with Crippen LogP contribution in [0.1, 0.15) is 31.2 Å². The highest BCUT2D eigenvalue weighted by atomic mass is 35.5. The van der Waals surface area contributed by atoms with Gasteiger partial charge in [-0.1, -0.05) is 46.8 Å². The van der Waals surface area contributed by atoms with E-state index in [-0.39, 0.29) is 24.7 Å². The Bertz CT molecular complexity index is 793. The molecule has 1 heterocycles. The topological polar surface area (TPSA) is 75.2 Å². The van der Waals surface area contributed by atoms with Crippen molar-refractivity contribution in [3.05, 3.63) is 34.9 Å². The number of aromatic nitrogens is 2. The zero-order chi connectivity index (χ0) is 19.2. The third kappa shape index (κ3) is 6.79. The van der Waals surface area contributed by atoms with E-state index in [1.54, 1.807) is 23.7 Å². The van der Waals surface area contributed by atoms with E-state index < -0.39 is 0 Å². The summed E-state index contributed by atoms with van der Waals surface area (Å²) >= 11 is 8.76. The van der Waals surface area contributed by atoms with E-state index in [0.29, 0.717) is 16.1 Å². The van der Waals surface area contributed by atoms with Crippen LogP contribution in [-0.4, -0.2) is 40.5 Å². The number of carbonyl (C=O) groups excluding carboxylic acids is 2. The van der Waals surface area contributed by atoms with Gasteiger partial charge in [0.15, 0.2) is 4.34 Å². The summed E-state index contributed by atoms with van der Waals surface area (Å²) in [7, 11) is 1.80. The van der Waals surface area contributed by atoms with Gasteiger partial charge in [-0.2, -0.15) is 0 Å². The highest BCUT2D eigenvalue weighted by molar-refractivity contribution is 8.00. The van der Waals surface area contributed by atoms with Gasteiger partial charge in [-0.25, -0.2) is 0 Å². The van der Waals surface area contributed by atoms with Crippen molar-refractivity contribution in [2.75, 3.05) is 18.9 Å². The fourth-order valence-corrected chi connectivity index (χ4v) is 4.28. The monoisotopic (exact) mass is 424 g/mol. The molecule has 0 unspecified atom stereocenters. The SMILES string of the molecule is CN(CC1CC1)C(=O)CCC(=O)Nc1nnc(SCc2ccc(Cl)cc2)s1. The van der Waals surface area contributed by atoms with Crippen LogP contribution in [0.2, 0.25) is 5.02 Å². The van der Waals surface area contributed by atoms with Gasteiger partial charge in [0, 0.05) is 37.2 Å². The van der Waals surface area contributed by atoms with Crippen LogP contribution in [0.3, 0.4) is 0 Å². The lowest BCUT2D eigenvalue weighted by Gasteiger charge is -2.16. The highest BCUT2D eigenvalue weighted by Gasteiger charge is 2.24. The summed E-state index contributed by atoms with van der Waals surface area (Å²) in [6.07, 6.45) is 2.77. The van der Waals surface area contributed by atoms with E-state index in [1.807, 2.05) is 24.3 Å². The molecule has 0 bridgehead atoms. The molecule has 1 saturated carbocycles. The van der Waals surface area contributed by atoms with E-state index in [4.69, 9.17) is 11.6 Å². The maximum absolute atomic E-state index is 12.0. The first-order chi connectivity index (χ1) is 13.0. The third-order valence-electron chi connectivity index (χ3n) is 4.15. The fraction of sp³-hybridized carbons (Fsp3) is 0.444. The van der Waals surface area contributed by atoms with Crippen molar-refractivity contribution >= 4 is 51.6 Å². The summed E-state index contributed by atoms with van der Waals surface area (Å²) in [5.74, 6) is 1.20. The average molecular weight is 425 g/mol. The lowest BCUT2D eigenvalue weighted by molar-refractivity contribution is -0.131. The average Bonchev–Trinajstić information content (AvgIpc) is 3.36. The van der Waals surface area contributed by atoms with E-state index in [0.717, 1.165) is 22.2 Å². The Balaban J connectivity index is 1.39. The molecule has 1 aromatic carbocycles. The Labute approximate surface area is 171 Å². The lowest BCUT2D eigenvalue weighted by Crippen LogP contribution is -2.29. The van der Waals surface area contributed by atoms with Gasteiger partial charge in [-0.15, -0.1) is 10.2 Å². The van der Waals surface area contributed by atoms with Crippen molar-refractivity contribution in [1.29, 1.82) is 0 Å². The minimum atomic E-state index is -0.214. The fourth-order valence-electron chi connectivity index (χ4n) is 2.43. The Morgan fingerprint density at radius 1 is 1.26 bits per heavy atom. The first-order valence-electron chi connectivity index (χ1n) is 8.74. The van der Waals surface area contributed by atoms with Gasteiger partial charge in [-0.05, 0) is 36.5 Å². The molecule has 2 amide bonds. The van der Waals surface area contributed by atoms with Crippen LogP contribution >= 0.6 is 34.7 Å². The number of amides is 2. The molecule has 2 aromatic rings. The molecule has 0 radical (unpaired) electrons. The van der Waals surface area contributed by atoms with Crippen LogP contribution in [0.25, 0.3) is 0 Å². The van der Waals surface area contributed by atoms with Crippen molar-refractivity contribution in [2.24, 2.45) is 5.92 Å². The molecule has 0 spiro atoms. The second-order valence-electron chi connectivity index (χ2n) is 6.55. The Kier molecular flexibility index (Phi) is 7.09. The number of nitrogens with zero attached hydrogens (tertiary/aromatic N) is 3. The number of halogens is 1. The van der Waals surface area contributed by atoms with E-state index in [2.05, 4.69) is 15.5 Å². The molecular weight excluding hydrogens is 404 g/mol. The summed E-state index contributed by atoms with van der Waals surface area (Å²) < 4.78 is 0.778. The molecular formula is C18H21ClN4O2S2. The van der Waals surface area contributed by atoms with Crippen LogP contribution in [0, 0.1) is 5.92 Å². The predicted molar refractivity (Wildman–Crippen MR) is 109 cm³/mol. The molecule has 0 saturated heterocycles. The van der Waals surface area contributed by atoms with Gasteiger partial charge in [-0.3, -0.25) is 9.59 Å². The molecule has 1 aromatic heterocycles. The van der Waals surface area contributed by atoms with E-state index in [1.165, 1.54) is 24.2 Å². The van der Waals surface area contributed by atoms with Crippen LogP contribution in [0.5, 0.6) is 0 Å². The number of rotatable bonds is 9. The van der Waals surface area contributed by atoms with Crippen LogP contribution in [0.4, 0.5) is 5.13 Å². The normalized spacial score (nSPS) is 13.4. The first kappa shape index (κ1) is 20.1. The number of nitrogens with one attached hydrogen (secondary N) is 1.